The van der Waals surface area contributed by atoms with Gasteiger partial charge in [0, 0.05) is 30.1 Å². The average molecular weight is 441 g/mol. The van der Waals surface area contributed by atoms with E-state index in [0.29, 0.717) is 36.1 Å². The average Bonchev–Trinajstić information content (AvgIpc) is 2.93. The molecule has 1 amide bonds. The fraction of sp³-hybridized carbons (Fsp3) is 0.450. The predicted molar refractivity (Wildman–Crippen MR) is 113 cm³/mol. The Morgan fingerprint density at radius 3 is 2.25 bits per heavy atom. The molecule has 152 valence electrons. The summed E-state index contributed by atoms with van der Waals surface area (Å²) < 4.78 is 28.0. The first kappa shape index (κ1) is 21.3. The molecule has 1 aliphatic rings. The van der Waals surface area contributed by atoms with Gasteiger partial charge in [0.05, 0.1) is 15.8 Å². The molecule has 1 saturated heterocycles. The highest BCUT2D eigenvalue weighted by atomic mass is 35.5. The number of hydrogen-bond acceptors (Lipinski definition) is 4. The smallest absolute Gasteiger partial charge is 0.254 e. The van der Waals surface area contributed by atoms with Gasteiger partial charge in [0.15, 0.2) is 0 Å². The lowest BCUT2D eigenvalue weighted by Gasteiger charge is -2.21. The molecule has 5 nitrogen and oxygen atoms in total. The van der Waals surface area contributed by atoms with E-state index in [9.17, 15) is 13.2 Å². The molecule has 0 radical (unpaired) electrons. The molecule has 0 unspecified atom stereocenters. The van der Waals surface area contributed by atoms with Crippen molar-refractivity contribution in [1.29, 1.82) is 0 Å². The first-order chi connectivity index (χ1) is 13.4. The van der Waals surface area contributed by atoms with Crippen LogP contribution in [0.15, 0.2) is 41.3 Å². The number of thiophene rings is 1. The van der Waals surface area contributed by atoms with Crippen molar-refractivity contribution in [3.8, 4) is 0 Å². The highest BCUT2D eigenvalue weighted by Crippen LogP contribution is 2.24. The van der Waals surface area contributed by atoms with Crippen molar-refractivity contribution in [2.24, 2.45) is 0 Å². The van der Waals surface area contributed by atoms with Gasteiger partial charge >= 0.3 is 0 Å². The Balaban J connectivity index is 1.74. The van der Waals surface area contributed by atoms with Gasteiger partial charge in [0.25, 0.3) is 5.91 Å². The largest absolute Gasteiger partial charge is 0.334 e. The summed E-state index contributed by atoms with van der Waals surface area (Å²) in [6.07, 6.45) is 3.94. The number of hydrogen-bond donors (Lipinski definition) is 0. The van der Waals surface area contributed by atoms with Crippen LogP contribution < -0.4 is 0 Å². The van der Waals surface area contributed by atoms with Gasteiger partial charge in [0.1, 0.15) is 0 Å². The third kappa shape index (κ3) is 4.95. The van der Waals surface area contributed by atoms with Gasteiger partial charge in [-0.2, -0.15) is 4.31 Å². The first-order valence-corrected chi connectivity index (χ1v) is 12.2. The molecule has 1 aromatic heterocycles. The minimum atomic E-state index is -3.50. The van der Waals surface area contributed by atoms with Crippen LogP contribution in [0, 0.1) is 0 Å². The molecular formula is C20H25ClN2O3S2. The lowest BCUT2D eigenvalue weighted by atomic mass is 10.2. The summed E-state index contributed by atoms with van der Waals surface area (Å²) in [6, 6.07) is 10.0. The number of halogens is 1. The number of sulfonamides is 1. The second-order valence-electron chi connectivity index (χ2n) is 6.87. The van der Waals surface area contributed by atoms with Crippen LogP contribution >= 0.6 is 22.9 Å². The normalized spacial score (nSPS) is 15.9. The number of rotatable bonds is 6. The van der Waals surface area contributed by atoms with Crippen LogP contribution in [0.5, 0.6) is 0 Å². The highest BCUT2D eigenvalue weighted by Gasteiger charge is 2.25. The lowest BCUT2D eigenvalue weighted by molar-refractivity contribution is 0.0754. The number of carbonyl (C=O) groups excluding carboxylic acids is 1. The van der Waals surface area contributed by atoms with Crippen LogP contribution in [-0.4, -0.2) is 43.2 Å². The molecule has 28 heavy (non-hydrogen) atoms. The molecule has 0 aliphatic carbocycles. The van der Waals surface area contributed by atoms with Gasteiger partial charge in [0.2, 0.25) is 10.0 Å². The lowest BCUT2D eigenvalue weighted by Crippen LogP contribution is -2.32. The molecule has 8 heteroatoms. The monoisotopic (exact) mass is 440 g/mol. The van der Waals surface area contributed by atoms with Crippen LogP contribution in [0.3, 0.4) is 0 Å². The molecule has 0 spiro atoms. The van der Waals surface area contributed by atoms with E-state index in [-0.39, 0.29) is 10.8 Å². The van der Waals surface area contributed by atoms with Crippen molar-refractivity contribution >= 4 is 38.9 Å². The molecule has 1 aliphatic heterocycles. The van der Waals surface area contributed by atoms with Crippen molar-refractivity contribution in [3.63, 3.8) is 0 Å². The summed E-state index contributed by atoms with van der Waals surface area (Å²) in [5.41, 5.74) is 0.485. The summed E-state index contributed by atoms with van der Waals surface area (Å²) >= 11 is 7.43. The Bertz CT molecular complexity index is 902. The predicted octanol–water partition coefficient (Wildman–Crippen LogP) is 4.63. The van der Waals surface area contributed by atoms with Crippen molar-refractivity contribution in [3.05, 3.63) is 51.2 Å². The van der Waals surface area contributed by atoms with E-state index >= 15 is 0 Å². The molecule has 1 fully saturated rings. The number of amides is 1. The van der Waals surface area contributed by atoms with Gasteiger partial charge < -0.3 is 4.90 Å². The molecule has 0 saturated carbocycles. The van der Waals surface area contributed by atoms with Crippen molar-refractivity contribution in [2.45, 2.75) is 44.0 Å². The molecule has 2 aromatic rings. The highest BCUT2D eigenvalue weighted by molar-refractivity contribution is 7.89. The van der Waals surface area contributed by atoms with Crippen LogP contribution in [0.25, 0.3) is 0 Å². The Morgan fingerprint density at radius 2 is 1.71 bits per heavy atom. The Hall–Kier alpha value is -1.41. The van der Waals surface area contributed by atoms with Crippen molar-refractivity contribution in [2.75, 3.05) is 19.6 Å². The topological polar surface area (TPSA) is 57.7 Å². The summed E-state index contributed by atoms with van der Waals surface area (Å²) in [5.74, 6) is -0.120. The Kier molecular flexibility index (Phi) is 7.15. The number of benzene rings is 1. The maximum atomic E-state index is 12.9. The molecule has 2 heterocycles. The van der Waals surface area contributed by atoms with Crippen molar-refractivity contribution in [1.82, 2.24) is 9.21 Å². The minimum Gasteiger partial charge on any atom is -0.334 e. The van der Waals surface area contributed by atoms with E-state index in [1.165, 1.54) is 11.3 Å². The maximum Gasteiger partial charge on any atom is 0.254 e. The summed E-state index contributed by atoms with van der Waals surface area (Å²) in [7, 11) is -3.50. The molecular weight excluding hydrogens is 416 g/mol. The Morgan fingerprint density at radius 1 is 1.07 bits per heavy atom. The SMILES string of the molecule is CCN(Cc1ccc(Cl)s1)C(=O)c1ccc(S(=O)(=O)N2CCCCCC2)cc1. The van der Waals surface area contributed by atoms with E-state index in [1.54, 1.807) is 33.5 Å². The van der Waals surface area contributed by atoms with Crippen molar-refractivity contribution < 1.29 is 13.2 Å². The summed E-state index contributed by atoms with van der Waals surface area (Å²) in [6.45, 7) is 4.10. The summed E-state index contributed by atoms with van der Waals surface area (Å²) in [5, 5.41) is 0. The van der Waals surface area contributed by atoms with E-state index < -0.39 is 10.0 Å². The second-order valence-corrected chi connectivity index (χ2v) is 10.6. The fourth-order valence-corrected chi connectivity index (χ4v) is 5.96. The third-order valence-corrected chi connectivity index (χ3v) is 8.08. The minimum absolute atomic E-state index is 0.120. The molecule has 3 rings (SSSR count). The van der Waals surface area contributed by atoms with Crippen LogP contribution in [0.2, 0.25) is 4.34 Å². The number of carbonyl (C=O) groups is 1. The Labute approximate surface area is 176 Å². The zero-order chi connectivity index (χ0) is 20.1. The second kappa shape index (κ2) is 9.39. The van der Waals surface area contributed by atoms with Crippen LogP contribution in [-0.2, 0) is 16.6 Å². The van der Waals surface area contributed by atoms with Gasteiger partial charge in [-0.1, -0.05) is 24.4 Å². The van der Waals surface area contributed by atoms with Gasteiger partial charge in [-0.25, -0.2) is 8.42 Å². The first-order valence-electron chi connectivity index (χ1n) is 9.55. The standard InChI is InChI=1S/C20H25ClN2O3S2/c1-2-22(15-17-9-12-19(21)27-17)20(24)16-7-10-18(11-8-16)28(25,26)23-13-5-3-4-6-14-23/h7-12H,2-6,13-15H2,1H3. The zero-order valence-electron chi connectivity index (χ0n) is 15.9. The van der Waals surface area contributed by atoms with Crippen LogP contribution in [0.4, 0.5) is 0 Å². The van der Waals surface area contributed by atoms with Gasteiger partial charge in [-0.05, 0) is 56.2 Å². The zero-order valence-corrected chi connectivity index (χ0v) is 18.3. The summed E-state index contributed by atoms with van der Waals surface area (Å²) in [4.78, 5) is 15.8. The molecule has 0 atom stereocenters. The molecule has 1 aromatic carbocycles. The third-order valence-electron chi connectivity index (χ3n) is 4.95. The van der Waals surface area contributed by atoms with E-state index in [4.69, 9.17) is 11.6 Å². The number of nitrogens with zero attached hydrogens (tertiary/aromatic N) is 2. The van der Waals surface area contributed by atoms with Gasteiger partial charge in [-0.15, -0.1) is 11.3 Å². The van der Waals surface area contributed by atoms with Crippen LogP contribution in [0.1, 0.15) is 47.8 Å². The molecule has 0 bridgehead atoms. The van der Waals surface area contributed by atoms with E-state index in [2.05, 4.69) is 0 Å². The fourth-order valence-electron chi connectivity index (χ4n) is 3.34. The quantitative estimate of drug-likeness (QED) is 0.658. The maximum absolute atomic E-state index is 12.9. The molecule has 0 N–H and O–H groups in total. The van der Waals surface area contributed by atoms with E-state index in [1.807, 2.05) is 19.1 Å². The van der Waals surface area contributed by atoms with Gasteiger partial charge in [-0.3, -0.25) is 4.79 Å². The van der Waals surface area contributed by atoms with E-state index in [0.717, 1.165) is 30.6 Å².